The Morgan fingerprint density at radius 1 is 1.38 bits per heavy atom. The van der Waals surface area contributed by atoms with Crippen LogP contribution >= 0.6 is 0 Å². The van der Waals surface area contributed by atoms with Crippen LogP contribution in [0.2, 0.25) is 0 Å². The lowest BCUT2D eigenvalue weighted by atomic mass is 10.0. The van der Waals surface area contributed by atoms with E-state index in [1.54, 1.807) is 10.9 Å². The van der Waals surface area contributed by atoms with E-state index in [-0.39, 0.29) is 6.04 Å². The maximum atomic E-state index is 6.14. The molecule has 1 atom stereocenters. The predicted molar refractivity (Wildman–Crippen MR) is 62.8 cm³/mol. The minimum Gasteiger partial charge on any atom is -0.322 e. The van der Waals surface area contributed by atoms with E-state index in [0.717, 1.165) is 12.1 Å². The van der Waals surface area contributed by atoms with Crippen molar-refractivity contribution >= 4 is 0 Å². The van der Waals surface area contributed by atoms with Gasteiger partial charge in [-0.1, -0.05) is 29.5 Å². The van der Waals surface area contributed by atoms with Crippen molar-refractivity contribution in [2.75, 3.05) is 0 Å². The molecule has 1 heterocycles. The molecule has 2 aromatic rings. The van der Waals surface area contributed by atoms with Gasteiger partial charge in [0.25, 0.3) is 0 Å². The molecule has 0 spiro atoms. The summed E-state index contributed by atoms with van der Waals surface area (Å²) >= 11 is 0. The highest BCUT2D eigenvalue weighted by Crippen LogP contribution is 2.16. The molecule has 0 bridgehead atoms. The van der Waals surface area contributed by atoms with Crippen LogP contribution in [-0.4, -0.2) is 15.0 Å². The van der Waals surface area contributed by atoms with E-state index in [1.807, 2.05) is 19.2 Å². The quantitative estimate of drug-likeness (QED) is 0.843. The van der Waals surface area contributed by atoms with E-state index in [4.69, 9.17) is 5.73 Å². The molecule has 2 rings (SSSR count). The Kier molecular flexibility index (Phi) is 3.01. The fourth-order valence-electron chi connectivity index (χ4n) is 1.81. The first-order chi connectivity index (χ1) is 7.68. The summed E-state index contributed by atoms with van der Waals surface area (Å²) in [5, 5.41) is 7.73. The molecule has 2 N–H and O–H groups in total. The number of benzene rings is 1. The number of nitrogens with two attached hydrogens (primary N) is 1. The van der Waals surface area contributed by atoms with Crippen LogP contribution in [0.5, 0.6) is 0 Å². The highest BCUT2D eigenvalue weighted by atomic mass is 15.4. The molecule has 0 saturated heterocycles. The second-order valence-corrected chi connectivity index (χ2v) is 4.02. The van der Waals surface area contributed by atoms with Crippen molar-refractivity contribution in [2.45, 2.75) is 19.4 Å². The Morgan fingerprint density at radius 2 is 2.12 bits per heavy atom. The number of rotatable bonds is 3. The van der Waals surface area contributed by atoms with Crippen molar-refractivity contribution in [2.24, 2.45) is 12.8 Å². The fraction of sp³-hybridized carbons (Fsp3) is 0.333. The zero-order valence-electron chi connectivity index (χ0n) is 9.59. The van der Waals surface area contributed by atoms with Crippen LogP contribution in [0, 0.1) is 6.92 Å². The standard InChI is InChI=1S/C12H16N4/c1-9-5-3-4-6-10(9)7-11(13)12-8-14-15-16(12)2/h3-6,8,11H,7,13H2,1-2H3. The van der Waals surface area contributed by atoms with Crippen LogP contribution in [0.1, 0.15) is 22.9 Å². The highest BCUT2D eigenvalue weighted by Gasteiger charge is 2.12. The summed E-state index contributed by atoms with van der Waals surface area (Å²) in [4.78, 5) is 0. The predicted octanol–water partition coefficient (Wildman–Crippen LogP) is 1.37. The molecule has 0 aliphatic heterocycles. The first-order valence-corrected chi connectivity index (χ1v) is 5.33. The number of aromatic nitrogens is 3. The average molecular weight is 216 g/mol. The summed E-state index contributed by atoms with van der Waals surface area (Å²) in [6.07, 6.45) is 2.54. The topological polar surface area (TPSA) is 56.7 Å². The van der Waals surface area contributed by atoms with Crippen molar-refractivity contribution in [3.8, 4) is 0 Å². The van der Waals surface area contributed by atoms with Gasteiger partial charge in [-0.25, -0.2) is 0 Å². The monoisotopic (exact) mass is 216 g/mol. The molecule has 1 aromatic carbocycles. The average Bonchev–Trinajstić information content (AvgIpc) is 2.68. The lowest BCUT2D eigenvalue weighted by Crippen LogP contribution is -2.17. The minimum atomic E-state index is -0.0545. The molecule has 0 radical (unpaired) electrons. The van der Waals surface area contributed by atoms with Gasteiger partial charge in [0.05, 0.1) is 17.9 Å². The maximum Gasteiger partial charge on any atom is 0.0754 e. The lowest BCUT2D eigenvalue weighted by Gasteiger charge is -2.12. The normalized spacial score (nSPS) is 12.7. The van der Waals surface area contributed by atoms with E-state index >= 15 is 0 Å². The number of aryl methyl sites for hydroxylation is 2. The van der Waals surface area contributed by atoms with Gasteiger partial charge in [-0.05, 0) is 24.5 Å². The summed E-state index contributed by atoms with van der Waals surface area (Å²) in [6, 6.07) is 8.23. The van der Waals surface area contributed by atoms with Gasteiger partial charge in [-0.2, -0.15) is 0 Å². The number of hydrogen-bond donors (Lipinski definition) is 1. The molecule has 0 aliphatic rings. The summed E-state index contributed by atoms with van der Waals surface area (Å²) in [5.41, 5.74) is 9.65. The van der Waals surface area contributed by atoms with Gasteiger partial charge in [0, 0.05) is 7.05 Å². The molecule has 0 saturated carbocycles. The summed E-state index contributed by atoms with van der Waals surface area (Å²) in [5.74, 6) is 0. The molecule has 4 nitrogen and oxygen atoms in total. The first kappa shape index (κ1) is 10.8. The third-order valence-electron chi connectivity index (χ3n) is 2.83. The molecule has 84 valence electrons. The van der Waals surface area contributed by atoms with Gasteiger partial charge in [0.1, 0.15) is 0 Å². The highest BCUT2D eigenvalue weighted by molar-refractivity contribution is 5.27. The fourth-order valence-corrected chi connectivity index (χ4v) is 1.81. The third kappa shape index (κ3) is 2.12. The van der Waals surface area contributed by atoms with Gasteiger partial charge in [0.2, 0.25) is 0 Å². The Morgan fingerprint density at radius 3 is 2.75 bits per heavy atom. The van der Waals surface area contributed by atoms with Crippen LogP contribution < -0.4 is 5.73 Å². The second-order valence-electron chi connectivity index (χ2n) is 4.02. The van der Waals surface area contributed by atoms with Crippen LogP contribution in [-0.2, 0) is 13.5 Å². The Hall–Kier alpha value is -1.68. The summed E-state index contributed by atoms with van der Waals surface area (Å²) in [6.45, 7) is 2.10. The molecular weight excluding hydrogens is 200 g/mol. The maximum absolute atomic E-state index is 6.14. The van der Waals surface area contributed by atoms with Gasteiger partial charge < -0.3 is 5.73 Å². The molecule has 0 fully saturated rings. The molecule has 16 heavy (non-hydrogen) atoms. The number of hydrogen-bond acceptors (Lipinski definition) is 3. The van der Waals surface area contributed by atoms with Crippen molar-refractivity contribution < 1.29 is 0 Å². The number of nitrogens with zero attached hydrogens (tertiary/aromatic N) is 3. The van der Waals surface area contributed by atoms with Crippen molar-refractivity contribution in [3.63, 3.8) is 0 Å². The van der Waals surface area contributed by atoms with E-state index in [0.29, 0.717) is 0 Å². The zero-order chi connectivity index (χ0) is 11.5. The lowest BCUT2D eigenvalue weighted by molar-refractivity contribution is 0.606. The molecule has 1 unspecified atom stereocenters. The minimum absolute atomic E-state index is 0.0545. The van der Waals surface area contributed by atoms with Crippen LogP contribution in [0.25, 0.3) is 0 Å². The van der Waals surface area contributed by atoms with Crippen molar-refractivity contribution in [1.29, 1.82) is 0 Å². The smallest absolute Gasteiger partial charge is 0.0754 e. The SMILES string of the molecule is Cc1ccccc1CC(N)c1cnnn1C. The zero-order valence-corrected chi connectivity index (χ0v) is 9.59. The third-order valence-corrected chi connectivity index (χ3v) is 2.83. The molecular formula is C12H16N4. The van der Waals surface area contributed by atoms with Crippen molar-refractivity contribution in [1.82, 2.24) is 15.0 Å². The molecule has 0 aliphatic carbocycles. The van der Waals surface area contributed by atoms with Gasteiger partial charge >= 0.3 is 0 Å². The van der Waals surface area contributed by atoms with Crippen molar-refractivity contribution in [3.05, 3.63) is 47.3 Å². The van der Waals surface area contributed by atoms with Gasteiger partial charge in [-0.3, -0.25) is 4.68 Å². The van der Waals surface area contributed by atoms with Gasteiger partial charge in [0.15, 0.2) is 0 Å². The van der Waals surface area contributed by atoms with E-state index in [9.17, 15) is 0 Å². The Bertz CT molecular complexity index is 475. The Balaban J connectivity index is 2.17. The Labute approximate surface area is 95.1 Å². The van der Waals surface area contributed by atoms with Crippen LogP contribution in [0.4, 0.5) is 0 Å². The largest absolute Gasteiger partial charge is 0.322 e. The summed E-state index contributed by atoms with van der Waals surface area (Å²) < 4.78 is 1.73. The van der Waals surface area contributed by atoms with E-state index in [1.165, 1.54) is 11.1 Å². The van der Waals surface area contributed by atoms with Gasteiger partial charge in [-0.15, -0.1) is 5.10 Å². The molecule has 0 amide bonds. The van der Waals surface area contributed by atoms with Crippen LogP contribution in [0.15, 0.2) is 30.5 Å². The molecule has 1 aromatic heterocycles. The van der Waals surface area contributed by atoms with E-state index in [2.05, 4.69) is 29.4 Å². The van der Waals surface area contributed by atoms with Crippen LogP contribution in [0.3, 0.4) is 0 Å². The molecule has 4 heteroatoms. The van der Waals surface area contributed by atoms with E-state index < -0.39 is 0 Å². The first-order valence-electron chi connectivity index (χ1n) is 5.33. The summed E-state index contributed by atoms with van der Waals surface area (Å²) in [7, 11) is 1.86. The second kappa shape index (κ2) is 4.45.